The van der Waals surface area contributed by atoms with Crippen LogP contribution in [0.3, 0.4) is 0 Å². The number of amides is 1. The number of hydrogen-bond acceptors (Lipinski definition) is 4. The molecular weight excluding hydrogens is 302 g/mol. The highest BCUT2D eigenvalue weighted by molar-refractivity contribution is 7.92. The molecule has 124 valence electrons. The SMILES string of the molecule is CC1(C)CN(C(=O)C2C[C@H]3CCC[C@@H](C2)C3=O)CCS1(=O)=O. The van der Waals surface area contributed by atoms with Gasteiger partial charge in [-0.25, -0.2) is 8.42 Å². The third kappa shape index (κ3) is 2.59. The zero-order valence-corrected chi connectivity index (χ0v) is 14.2. The van der Waals surface area contributed by atoms with Crippen molar-refractivity contribution in [2.75, 3.05) is 18.8 Å². The molecule has 2 aliphatic carbocycles. The molecule has 0 N–H and O–H groups in total. The summed E-state index contributed by atoms with van der Waals surface area (Å²) < 4.78 is 23.3. The Kier molecular flexibility index (Phi) is 3.86. The molecule has 1 heterocycles. The van der Waals surface area contributed by atoms with Crippen LogP contribution in [0.1, 0.15) is 46.0 Å². The van der Waals surface area contributed by atoms with E-state index in [0.717, 1.165) is 19.3 Å². The van der Waals surface area contributed by atoms with Crippen molar-refractivity contribution in [3.05, 3.63) is 0 Å². The normalized spacial score (nSPS) is 36.9. The highest BCUT2D eigenvalue weighted by Crippen LogP contribution is 2.41. The Morgan fingerprint density at radius 3 is 2.32 bits per heavy atom. The van der Waals surface area contributed by atoms with Crippen LogP contribution in [0.2, 0.25) is 0 Å². The van der Waals surface area contributed by atoms with Gasteiger partial charge in [-0.2, -0.15) is 0 Å². The van der Waals surface area contributed by atoms with E-state index in [9.17, 15) is 18.0 Å². The largest absolute Gasteiger partial charge is 0.340 e. The average Bonchev–Trinajstić information content (AvgIpc) is 2.41. The molecule has 5 nitrogen and oxygen atoms in total. The number of sulfone groups is 1. The average molecular weight is 327 g/mol. The van der Waals surface area contributed by atoms with E-state index in [1.54, 1.807) is 18.7 Å². The van der Waals surface area contributed by atoms with Crippen molar-refractivity contribution in [2.45, 2.75) is 50.7 Å². The first-order chi connectivity index (χ1) is 10.2. The van der Waals surface area contributed by atoms with Crippen LogP contribution >= 0.6 is 0 Å². The maximum atomic E-state index is 12.8. The van der Waals surface area contributed by atoms with Crippen molar-refractivity contribution in [3.8, 4) is 0 Å². The first-order valence-corrected chi connectivity index (χ1v) is 9.91. The molecule has 3 aliphatic rings. The van der Waals surface area contributed by atoms with Gasteiger partial charge in [0.25, 0.3) is 0 Å². The molecule has 3 rings (SSSR count). The number of nitrogens with zero attached hydrogens (tertiary/aromatic N) is 1. The van der Waals surface area contributed by atoms with E-state index in [1.807, 2.05) is 0 Å². The number of rotatable bonds is 1. The molecule has 0 aromatic carbocycles. The molecule has 0 radical (unpaired) electrons. The molecule has 1 aliphatic heterocycles. The van der Waals surface area contributed by atoms with Crippen molar-refractivity contribution in [2.24, 2.45) is 17.8 Å². The van der Waals surface area contributed by atoms with Crippen LogP contribution in [0.15, 0.2) is 0 Å². The van der Waals surface area contributed by atoms with Crippen LogP contribution < -0.4 is 0 Å². The highest BCUT2D eigenvalue weighted by atomic mass is 32.2. The van der Waals surface area contributed by atoms with Crippen molar-refractivity contribution in [3.63, 3.8) is 0 Å². The fourth-order valence-electron chi connectivity index (χ4n) is 4.27. The molecule has 0 spiro atoms. The third-order valence-electron chi connectivity index (χ3n) is 5.75. The van der Waals surface area contributed by atoms with Crippen LogP contribution in [0.4, 0.5) is 0 Å². The van der Waals surface area contributed by atoms with Crippen molar-refractivity contribution >= 4 is 21.5 Å². The van der Waals surface area contributed by atoms with E-state index in [2.05, 4.69) is 0 Å². The molecule has 1 amide bonds. The first-order valence-electron chi connectivity index (χ1n) is 8.26. The molecular formula is C16H25NO4S. The third-order valence-corrected chi connectivity index (χ3v) is 8.29. The smallest absolute Gasteiger partial charge is 0.225 e. The number of ketones is 1. The zero-order chi connectivity index (χ0) is 16.1. The van der Waals surface area contributed by atoms with Crippen LogP contribution in [-0.2, 0) is 19.4 Å². The second-order valence-electron chi connectivity index (χ2n) is 7.73. The molecule has 6 heteroatoms. The lowest BCUT2D eigenvalue weighted by Gasteiger charge is -2.42. The van der Waals surface area contributed by atoms with Gasteiger partial charge in [-0.15, -0.1) is 0 Å². The Labute approximate surface area is 132 Å². The van der Waals surface area contributed by atoms with Gasteiger partial charge >= 0.3 is 0 Å². The van der Waals surface area contributed by atoms with Gasteiger partial charge in [0.15, 0.2) is 9.84 Å². The summed E-state index contributed by atoms with van der Waals surface area (Å²) in [6, 6.07) is 0. The fourth-order valence-corrected chi connectivity index (χ4v) is 5.64. The van der Waals surface area contributed by atoms with Crippen LogP contribution in [0.25, 0.3) is 0 Å². The summed E-state index contributed by atoms with van der Waals surface area (Å²) in [5, 5.41) is 0. The predicted molar refractivity (Wildman–Crippen MR) is 83.0 cm³/mol. The van der Waals surface area contributed by atoms with E-state index in [-0.39, 0.29) is 36.0 Å². The number of hydrogen-bond donors (Lipinski definition) is 0. The Morgan fingerprint density at radius 1 is 1.18 bits per heavy atom. The first kappa shape index (κ1) is 16.0. The minimum absolute atomic E-state index is 0.0459. The van der Waals surface area contributed by atoms with Crippen molar-refractivity contribution < 1.29 is 18.0 Å². The Bertz CT molecular complexity index is 579. The van der Waals surface area contributed by atoms with Gasteiger partial charge in [-0.3, -0.25) is 9.59 Å². The Morgan fingerprint density at radius 2 is 1.77 bits per heavy atom. The maximum absolute atomic E-state index is 12.8. The summed E-state index contributed by atoms with van der Waals surface area (Å²) in [6.07, 6.45) is 4.25. The fraction of sp³-hybridized carbons (Fsp3) is 0.875. The van der Waals surface area contributed by atoms with Crippen molar-refractivity contribution in [1.82, 2.24) is 4.90 Å². The molecule has 0 aromatic rings. The monoisotopic (exact) mass is 327 g/mol. The van der Waals surface area contributed by atoms with Crippen molar-refractivity contribution in [1.29, 1.82) is 0 Å². The maximum Gasteiger partial charge on any atom is 0.225 e. The van der Waals surface area contributed by atoms with E-state index in [1.165, 1.54) is 0 Å². The standard InChI is InChI=1S/C16H25NO4S/c1-16(2)10-17(6-7-22(16,20)21)15(19)13-8-11-4-3-5-12(9-13)14(11)18/h11-13H,3-10H2,1-2H3/t11-,12+,13?. The molecule has 1 unspecified atom stereocenters. The predicted octanol–water partition coefficient (Wildman–Crippen LogP) is 1.42. The molecule has 3 fully saturated rings. The lowest BCUT2D eigenvalue weighted by atomic mass is 9.67. The van der Waals surface area contributed by atoms with E-state index < -0.39 is 14.6 Å². The van der Waals surface area contributed by atoms with Gasteiger partial charge in [0.1, 0.15) is 5.78 Å². The summed E-state index contributed by atoms with van der Waals surface area (Å²) in [4.78, 5) is 26.7. The molecule has 3 atom stereocenters. The number of fused-ring (bicyclic) bond motifs is 2. The molecule has 1 saturated heterocycles. The van der Waals surface area contributed by atoms with Gasteiger partial charge in [0.05, 0.1) is 10.5 Å². The summed E-state index contributed by atoms with van der Waals surface area (Å²) >= 11 is 0. The van der Waals surface area contributed by atoms with E-state index >= 15 is 0 Å². The highest BCUT2D eigenvalue weighted by Gasteiger charge is 2.46. The quantitative estimate of drug-likeness (QED) is 0.730. The second kappa shape index (κ2) is 5.32. The number of carbonyl (C=O) groups excluding carboxylic acids is 2. The topological polar surface area (TPSA) is 71.5 Å². The second-order valence-corrected chi connectivity index (χ2v) is 10.5. The van der Waals surface area contributed by atoms with E-state index in [4.69, 9.17) is 0 Å². The molecule has 2 saturated carbocycles. The minimum atomic E-state index is -3.13. The Hall–Kier alpha value is -0.910. The van der Waals surface area contributed by atoms with Crippen LogP contribution in [0.5, 0.6) is 0 Å². The minimum Gasteiger partial charge on any atom is -0.340 e. The van der Waals surface area contributed by atoms with Gasteiger partial charge in [-0.05, 0) is 39.5 Å². The van der Waals surface area contributed by atoms with Gasteiger partial charge < -0.3 is 4.90 Å². The van der Waals surface area contributed by atoms with E-state index in [0.29, 0.717) is 25.2 Å². The van der Waals surface area contributed by atoms with Crippen LogP contribution in [0, 0.1) is 17.8 Å². The lowest BCUT2D eigenvalue weighted by molar-refractivity contribution is -0.143. The number of carbonyl (C=O) groups is 2. The lowest BCUT2D eigenvalue weighted by Crippen LogP contribution is -2.56. The molecule has 2 bridgehead atoms. The number of Topliss-reactive ketones (excluding diaryl/α,β-unsaturated/α-hetero) is 1. The Balaban J connectivity index is 1.71. The van der Waals surface area contributed by atoms with Crippen LogP contribution in [-0.4, -0.2) is 48.6 Å². The van der Waals surface area contributed by atoms with Gasteiger partial charge in [0, 0.05) is 30.8 Å². The summed E-state index contributed by atoms with van der Waals surface area (Å²) in [5.41, 5.74) is 0. The van der Waals surface area contributed by atoms with Gasteiger partial charge in [-0.1, -0.05) is 6.42 Å². The summed E-state index contributed by atoms with van der Waals surface area (Å²) in [6.45, 7) is 3.96. The summed E-state index contributed by atoms with van der Waals surface area (Å²) in [5.74, 6) is 0.490. The zero-order valence-electron chi connectivity index (χ0n) is 13.4. The molecule has 0 aromatic heterocycles. The molecule has 22 heavy (non-hydrogen) atoms. The summed E-state index contributed by atoms with van der Waals surface area (Å²) in [7, 11) is -3.13. The van der Waals surface area contributed by atoms with Gasteiger partial charge in [0.2, 0.25) is 5.91 Å².